The van der Waals surface area contributed by atoms with Gasteiger partial charge in [-0.1, -0.05) is 35.4 Å². The predicted molar refractivity (Wildman–Crippen MR) is 90.6 cm³/mol. The summed E-state index contributed by atoms with van der Waals surface area (Å²) in [5.41, 5.74) is 4.79. The van der Waals surface area contributed by atoms with E-state index in [0.29, 0.717) is 6.04 Å². The number of benzene rings is 2. The molecule has 0 unspecified atom stereocenters. The van der Waals surface area contributed by atoms with Crippen LogP contribution < -0.4 is 10.2 Å². The normalized spacial score (nSPS) is 14.2. The van der Waals surface area contributed by atoms with E-state index in [-0.39, 0.29) is 0 Å². The number of nitrogens with one attached hydrogen (secondary N) is 1. The molecule has 3 heteroatoms. The molecular formula is C18H21ClN2. The molecule has 0 aromatic heterocycles. The third-order valence-electron chi connectivity index (χ3n) is 4.02. The second-order valence-electron chi connectivity index (χ2n) is 5.79. The van der Waals surface area contributed by atoms with Gasteiger partial charge in [-0.25, -0.2) is 0 Å². The molecule has 21 heavy (non-hydrogen) atoms. The Labute approximate surface area is 131 Å². The minimum atomic E-state index is 0.679. The van der Waals surface area contributed by atoms with Crippen LogP contribution in [0.15, 0.2) is 42.5 Å². The summed E-state index contributed by atoms with van der Waals surface area (Å²) >= 11 is 6.42. The van der Waals surface area contributed by atoms with Gasteiger partial charge in [0.1, 0.15) is 0 Å². The molecular weight excluding hydrogens is 280 g/mol. The van der Waals surface area contributed by atoms with Crippen LogP contribution in [-0.2, 0) is 6.54 Å². The summed E-state index contributed by atoms with van der Waals surface area (Å²) < 4.78 is 0. The van der Waals surface area contributed by atoms with E-state index in [2.05, 4.69) is 54.5 Å². The van der Waals surface area contributed by atoms with E-state index in [0.717, 1.165) is 11.6 Å². The van der Waals surface area contributed by atoms with Crippen LogP contribution in [0.1, 0.15) is 24.0 Å². The predicted octanol–water partition coefficient (Wildman–Crippen LogP) is 4.67. The van der Waals surface area contributed by atoms with Crippen LogP contribution >= 0.6 is 11.6 Å². The number of aryl methyl sites for hydroxylation is 1. The zero-order valence-corrected chi connectivity index (χ0v) is 13.3. The smallest absolute Gasteiger partial charge is 0.0471 e. The molecule has 0 saturated heterocycles. The van der Waals surface area contributed by atoms with Crippen molar-refractivity contribution >= 4 is 23.0 Å². The summed E-state index contributed by atoms with van der Waals surface area (Å²) in [7, 11) is 2.09. The second kappa shape index (κ2) is 6.08. The van der Waals surface area contributed by atoms with E-state index in [1.165, 1.54) is 35.3 Å². The zero-order valence-electron chi connectivity index (χ0n) is 12.6. The molecule has 3 rings (SSSR count). The third kappa shape index (κ3) is 3.39. The summed E-state index contributed by atoms with van der Waals surface area (Å²) in [6.07, 6.45) is 2.57. The monoisotopic (exact) mass is 300 g/mol. The first-order chi connectivity index (χ1) is 10.1. The van der Waals surface area contributed by atoms with Crippen LogP contribution in [0, 0.1) is 6.92 Å². The molecule has 0 heterocycles. The quantitative estimate of drug-likeness (QED) is 0.863. The average molecular weight is 301 g/mol. The highest BCUT2D eigenvalue weighted by Crippen LogP contribution is 2.32. The molecule has 0 aliphatic heterocycles. The largest absolute Gasteiger partial charge is 0.344 e. The maximum atomic E-state index is 6.42. The van der Waals surface area contributed by atoms with E-state index in [4.69, 9.17) is 11.6 Å². The van der Waals surface area contributed by atoms with Gasteiger partial charge in [0.2, 0.25) is 0 Å². The standard InChI is InChI=1S/C18H21ClN2/c1-13-6-10-15(11-7-13)21(2)18-5-3-4-17(19)16(18)12-20-14-8-9-14/h3-7,10-11,14,20H,8-9,12H2,1-2H3. The van der Waals surface area contributed by atoms with E-state index >= 15 is 0 Å². The Kier molecular flexibility index (Phi) is 4.18. The van der Waals surface area contributed by atoms with E-state index in [9.17, 15) is 0 Å². The lowest BCUT2D eigenvalue weighted by Crippen LogP contribution is -2.19. The minimum absolute atomic E-state index is 0.679. The summed E-state index contributed by atoms with van der Waals surface area (Å²) in [5.74, 6) is 0. The molecule has 2 nitrogen and oxygen atoms in total. The lowest BCUT2D eigenvalue weighted by molar-refractivity contribution is 0.688. The molecule has 0 bridgehead atoms. The van der Waals surface area contributed by atoms with Gasteiger partial charge in [-0.3, -0.25) is 0 Å². The van der Waals surface area contributed by atoms with E-state index in [1.807, 2.05) is 12.1 Å². The number of halogens is 1. The van der Waals surface area contributed by atoms with Gasteiger partial charge in [0.25, 0.3) is 0 Å². The van der Waals surface area contributed by atoms with Gasteiger partial charge >= 0.3 is 0 Å². The molecule has 1 fully saturated rings. The minimum Gasteiger partial charge on any atom is -0.344 e. The third-order valence-corrected chi connectivity index (χ3v) is 4.38. The topological polar surface area (TPSA) is 15.3 Å². The molecule has 2 aromatic rings. The SMILES string of the molecule is Cc1ccc(N(C)c2cccc(Cl)c2CNC2CC2)cc1. The van der Waals surface area contributed by atoms with Gasteiger partial charge in [-0.15, -0.1) is 0 Å². The highest BCUT2D eigenvalue weighted by atomic mass is 35.5. The van der Waals surface area contributed by atoms with Crippen molar-refractivity contribution in [3.8, 4) is 0 Å². The fourth-order valence-electron chi connectivity index (χ4n) is 2.48. The van der Waals surface area contributed by atoms with Gasteiger partial charge < -0.3 is 10.2 Å². The van der Waals surface area contributed by atoms with Gasteiger partial charge in [0.15, 0.2) is 0 Å². The van der Waals surface area contributed by atoms with Crippen LogP contribution in [0.5, 0.6) is 0 Å². The zero-order chi connectivity index (χ0) is 14.8. The van der Waals surface area contributed by atoms with Crippen molar-refractivity contribution in [2.45, 2.75) is 32.4 Å². The number of anilines is 2. The Morgan fingerprint density at radius 3 is 2.52 bits per heavy atom. The van der Waals surface area contributed by atoms with Crippen molar-refractivity contribution in [1.82, 2.24) is 5.32 Å². The molecule has 1 N–H and O–H groups in total. The van der Waals surface area contributed by atoms with Gasteiger partial charge in [0, 0.05) is 41.6 Å². The van der Waals surface area contributed by atoms with Crippen LogP contribution in [0.4, 0.5) is 11.4 Å². The van der Waals surface area contributed by atoms with Crippen molar-refractivity contribution in [2.24, 2.45) is 0 Å². The van der Waals surface area contributed by atoms with Crippen LogP contribution in [0.3, 0.4) is 0 Å². The Morgan fingerprint density at radius 1 is 1.14 bits per heavy atom. The summed E-state index contributed by atoms with van der Waals surface area (Å²) in [5, 5.41) is 4.39. The number of hydrogen-bond acceptors (Lipinski definition) is 2. The molecule has 1 aliphatic rings. The molecule has 110 valence electrons. The van der Waals surface area contributed by atoms with Crippen LogP contribution in [-0.4, -0.2) is 13.1 Å². The molecule has 0 atom stereocenters. The van der Waals surface area contributed by atoms with Crippen LogP contribution in [0.25, 0.3) is 0 Å². The Morgan fingerprint density at radius 2 is 1.86 bits per heavy atom. The average Bonchev–Trinajstić information content (AvgIpc) is 3.30. The molecule has 0 radical (unpaired) electrons. The fraction of sp³-hybridized carbons (Fsp3) is 0.333. The lowest BCUT2D eigenvalue weighted by Gasteiger charge is -2.24. The first-order valence-corrected chi connectivity index (χ1v) is 7.84. The van der Waals surface area contributed by atoms with Crippen molar-refractivity contribution in [3.63, 3.8) is 0 Å². The molecule has 1 saturated carbocycles. The first kappa shape index (κ1) is 14.4. The van der Waals surface area contributed by atoms with E-state index in [1.54, 1.807) is 0 Å². The maximum Gasteiger partial charge on any atom is 0.0471 e. The van der Waals surface area contributed by atoms with Gasteiger partial charge in [-0.2, -0.15) is 0 Å². The molecule has 2 aromatic carbocycles. The molecule has 0 spiro atoms. The molecule has 1 aliphatic carbocycles. The highest BCUT2D eigenvalue weighted by molar-refractivity contribution is 6.31. The second-order valence-corrected chi connectivity index (χ2v) is 6.19. The maximum absolute atomic E-state index is 6.42. The number of nitrogens with zero attached hydrogens (tertiary/aromatic N) is 1. The number of hydrogen-bond donors (Lipinski definition) is 1. The highest BCUT2D eigenvalue weighted by Gasteiger charge is 2.21. The Balaban J connectivity index is 1.88. The van der Waals surface area contributed by atoms with Gasteiger partial charge in [-0.05, 0) is 44.0 Å². The summed E-state index contributed by atoms with van der Waals surface area (Å²) in [6, 6.07) is 15.4. The van der Waals surface area contributed by atoms with Crippen LogP contribution in [0.2, 0.25) is 5.02 Å². The summed E-state index contributed by atoms with van der Waals surface area (Å²) in [6.45, 7) is 2.93. The van der Waals surface area contributed by atoms with Gasteiger partial charge in [0.05, 0.1) is 0 Å². The van der Waals surface area contributed by atoms with Crippen molar-refractivity contribution in [2.75, 3.05) is 11.9 Å². The van der Waals surface area contributed by atoms with E-state index < -0.39 is 0 Å². The lowest BCUT2D eigenvalue weighted by atomic mass is 10.1. The van der Waals surface area contributed by atoms with Crippen molar-refractivity contribution < 1.29 is 0 Å². The fourth-order valence-corrected chi connectivity index (χ4v) is 2.71. The Hall–Kier alpha value is -1.51. The molecule has 0 amide bonds. The Bertz CT molecular complexity index is 618. The summed E-state index contributed by atoms with van der Waals surface area (Å²) in [4.78, 5) is 2.20. The first-order valence-electron chi connectivity index (χ1n) is 7.46. The van der Waals surface area contributed by atoms with Crippen molar-refractivity contribution in [3.05, 3.63) is 58.6 Å². The number of rotatable bonds is 5. The van der Waals surface area contributed by atoms with Crippen molar-refractivity contribution in [1.29, 1.82) is 0 Å².